The summed E-state index contributed by atoms with van der Waals surface area (Å²) in [7, 11) is 0. The van der Waals surface area contributed by atoms with Gasteiger partial charge in [-0.2, -0.15) is 13.2 Å². The molecular weight excluding hydrogens is 295 g/mol. The fourth-order valence-corrected chi connectivity index (χ4v) is 2.01. The highest BCUT2D eigenvalue weighted by molar-refractivity contribution is 5.78. The van der Waals surface area contributed by atoms with Crippen LogP contribution in [0.15, 0.2) is 24.3 Å². The molecular formula is C16H22F3NO2. The molecule has 0 atom stereocenters. The Balaban J connectivity index is 2.68. The van der Waals surface area contributed by atoms with Crippen molar-refractivity contribution in [2.45, 2.75) is 39.3 Å². The van der Waals surface area contributed by atoms with Gasteiger partial charge in [-0.1, -0.05) is 25.5 Å². The van der Waals surface area contributed by atoms with E-state index in [2.05, 4.69) is 0 Å². The van der Waals surface area contributed by atoms with Crippen LogP contribution in [-0.4, -0.2) is 36.7 Å². The molecule has 0 saturated carbocycles. The third-order valence-corrected chi connectivity index (χ3v) is 3.09. The van der Waals surface area contributed by atoms with Crippen molar-refractivity contribution >= 4 is 5.91 Å². The van der Waals surface area contributed by atoms with Crippen LogP contribution < -0.4 is 4.74 Å². The van der Waals surface area contributed by atoms with Gasteiger partial charge in [0.15, 0.2) is 0 Å². The molecule has 1 aromatic carbocycles. The zero-order valence-corrected chi connectivity index (χ0v) is 12.9. The number of carbonyl (C=O) groups is 1. The Bertz CT molecular complexity index is 457. The maximum absolute atomic E-state index is 12.6. The molecule has 0 aliphatic carbocycles. The van der Waals surface area contributed by atoms with Crippen molar-refractivity contribution in [3.05, 3.63) is 29.8 Å². The molecule has 0 N–H and O–H groups in total. The third kappa shape index (κ3) is 6.83. The van der Waals surface area contributed by atoms with Gasteiger partial charge in [0, 0.05) is 6.54 Å². The molecule has 0 spiro atoms. The fourth-order valence-electron chi connectivity index (χ4n) is 2.01. The summed E-state index contributed by atoms with van der Waals surface area (Å²) < 4.78 is 43.0. The van der Waals surface area contributed by atoms with Crippen LogP contribution in [0.3, 0.4) is 0 Å². The smallest absolute Gasteiger partial charge is 0.406 e. The largest absolute Gasteiger partial charge is 0.494 e. The topological polar surface area (TPSA) is 29.5 Å². The van der Waals surface area contributed by atoms with Gasteiger partial charge < -0.3 is 9.64 Å². The Morgan fingerprint density at radius 3 is 2.32 bits per heavy atom. The number of rotatable bonds is 8. The van der Waals surface area contributed by atoms with Gasteiger partial charge in [0.25, 0.3) is 0 Å². The number of hydrogen-bond acceptors (Lipinski definition) is 2. The molecule has 0 aromatic heterocycles. The monoisotopic (exact) mass is 317 g/mol. The van der Waals surface area contributed by atoms with Gasteiger partial charge in [0.2, 0.25) is 5.91 Å². The van der Waals surface area contributed by atoms with Crippen molar-refractivity contribution in [1.29, 1.82) is 0 Å². The second-order valence-electron chi connectivity index (χ2n) is 5.04. The number of hydrogen-bond donors (Lipinski definition) is 0. The minimum absolute atomic E-state index is 0.0355. The number of alkyl halides is 3. The minimum atomic E-state index is -4.37. The summed E-state index contributed by atoms with van der Waals surface area (Å²) in [5, 5.41) is 0. The van der Waals surface area contributed by atoms with Gasteiger partial charge in [-0.05, 0) is 31.0 Å². The Morgan fingerprint density at radius 1 is 1.18 bits per heavy atom. The van der Waals surface area contributed by atoms with Gasteiger partial charge in [-0.25, -0.2) is 0 Å². The second kappa shape index (κ2) is 8.66. The second-order valence-corrected chi connectivity index (χ2v) is 5.04. The molecule has 0 aliphatic heterocycles. The van der Waals surface area contributed by atoms with Gasteiger partial charge >= 0.3 is 6.18 Å². The summed E-state index contributed by atoms with van der Waals surface area (Å²) in [6.45, 7) is 3.21. The SMILES string of the molecule is CCCCN(CC(F)(F)F)C(=O)Cc1ccc(OCC)cc1. The lowest BCUT2D eigenvalue weighted by Crippen LogP contribution is -2.40. The van der Waals surface area contributed by atoms with Gasteiger partial charge in [-0.3, -0.25) is 4.79 Å². The third-order valence-electron chi connectivity index (χ3n) is 3.09. The Hall–Kier alpha value is -1.72. The van der Waals surface area contributed by atoms with Crippen LogP contribution in [0.5, 0.6) is 5.75 Å². The maximum Gasteiger partial charge on any atom is 0.406 e. The van der Waals surface area contributed by atoms with Gasteiger partial charge in [0.05, 0.1) is 13.0 Å². The molecule has 1 rings (SSSR count). The van der Waals surface area contributed by atoms with Gasteiger partial charge in [-0.15, -0.1) is 0 Å². The normalized spacial score (nSPS) is 11.3. The molecule has 0 aliphatic rings. The molecule has 1 aromatic rings. The lowest BCUT2D eigenvalue weighted by Gasteiger charge is -2.24. The van der Waals surface area contributed by atoms with Crippen LogP contribution in [0.2, 0.25) is 0 Å². The Labute approximate surface area is 129 Å². The fraction of sp³-hybridized carbons (Fsp3) is 0.562. The Kier molecular flexibility index (Phi) is 7.21. The van der Waals surface area contributed by atoms with E-state index in [0.29, 0.717) is 24.3 Å². The molecule has 22 heavy (non-hydrogen) atoms. The summed E-state index contributed by atoms with van der Waals surface area (Å²) in [4.78, 5) is 13.0. The van der Waals surface area contributed by atoms with E-state index >= 15 is 0 Å². The van der Waals surface area contributed by atoms with E-state index in [4.69, 9.17) is 4.74 Å². The highest BCUT2D eigenvalue weighted by Gasteiger charge is 2.32. The van der Waals surface area contributed by atoms with Crippen LogP contribution in [-0.2, 0) is 11.2 Å². The maximum atomic E-state index is 12.6. The number of ether oxygens (including phenoxy) is 1. The summed E-state index contributed by atoms with van der Waals surface area (Å²) in [6, 6.07) is 6.83. The summed E-state index contributed by atoms with van der Waals surface area (Å²) in [5.41, 5.74) is 0.678. The van der Waals surface area contributed by atoms with E-state index in [1.165, 1.54) is 0 Å². The van der Waals surface area contributed by atoms with Crippen LogP contribution in [0, 0.1) is 0 Å². The molecule has 0 unspecified atom stereocenters. The van der Waals surface area contributed by atoms with Crippen LogP contribution in [0.1, 0.15) is 32.3 Å². The molecule has 3 nitrogen and oxygen atoms in total. The zero-order valence-electron chi connectivity index (χ0n) is 12.9. The van der Waals surface area contributed by atoms with Crippen molar-refractivity contribution in [2.75, 3.05) is 19.7 Å². The average Bonchev–Trinajstić information content (AvgIpc) is 2.44. The quantitative estimate of drug-likeness (QED) is 0.729. The molecule has 0 fully saturated rings. The molecule has 1 amide bonds. The van der Waals surface area contributed by atoms with E-state index in [1.54, 1.807) is 24.3 Å². The van der Waals surface area contributed by atoms with Crippen molar-refractivity contribution in [3.63, 3.8) is 0 Å². The van der Waals surface area contributed by atoms with Crippen molar-refractivity contribution in [1.82, 2.24) is 4.90 Å². The molecule has 6 heteroatoms. The van der Waals surface area contributed by atoms with E-state index in [1.807, 2.05) is 13.8 Å². The lowest BCUT2D eigenvalue weighted by atomic mass is 10.1. The number of halogens is 3. The molecule has 0 radical (unpaired) electrons. The van der Waals surface area contributed by atoms with E-state index in [0.717, 1.165) is 11.3 Å². The highest BCUT2D eigenvalue weighted by atomic mass is 19.4. The highest BCUT2D eigenvalue weighted by Crippen LogP contribution is 2.18. The zero-order chi connectivity index (χ0) is 16.6. The number of benzene rings is 1. The first-order valence-corrected chi connectivity index (χ1v) is 7.42. The van der Waals surface area contributed by atoms with Crippen LogP contribution in [0.4, 0.5) is 13.2 Å². The predicted molar refractivity (Wildman–Crippen MR) is 78.9 cm³/mol. The van der Waals surface area contributed by atoms with Crippen molar-refractivity contribution in [3.8, 4) is 5.75 Å². The summed E-state index contributed by atoms with van der Waals surface area (Å²) >= 11 is 0. The predicted octanol–water partition coefficient (Wildman–Crippen LogP) is 3.82. The summed E-state index contributed by atoms with van der Waals surface area (Å²) in [6.07, 6.45) is -3.11. The van der Waals surface area contributed by atoms with Crippen LogP contribution >= 0.6 is 0 Å². The first kappa shape index (κ1) is 18.3. The number of amides is 1. The van der Waals surface area contributed by atoms with E-state index in [-0.39, 0.29) is 13.0 Å². The number of unbranched alkanes of at least 4 members (excludes halogenated alkanes) is 1. The summed E-state index contributed by atoms with van der Waals surface area (Å²) in [5.74, 6) is 0.173. The molecule has 124 valence electrons. The van der Waals surface area contributed by atoms with Crippen molar-refractivity contribution < 1.29 is 22.7 Å². The van der Waals surface area contributed by atoms with E-state index < -0.39 is 18.6 Å². The van der Waals surface area contributed by atoms with Gasteiger partial charge in [0.1, 0.15) is 12.3 Å². The molecule has 0 saturated heterocycles. The minimum Gasteiger partial charge on any atom is -0.494 e. The number of carbonyl (C=O) groups excluding carboxylic acids is 1. The standard InChI is InChI=1S/C16H22F3NO2/c1-3-5-10-20(12-16(17,18)19)15(21)11-13-6-8-14(9-7-13)22-4-2/h6-9H,3-5,10-12H2,1-2H3. The molecule has 0 bridgehead atoms. The first-order valence-electron chi connectivity index (χ1n) is 7.42. The van der Waals surface area contributed by atoms with E-state index in [9.17, 15) is 18.0 Å². The number of nitrogens with zero attached hydrogens (tertiary/aromatic N) is 1. The molecule has 0 heterocycles. The average molecular weight is 317 g/mol. The van der Waals surface area contributed by atoms with Crippen LogP contribution in [0.25, 0.3) is 0 Å². The lowest BCUT2D eigenvalue weighted by molar-refractivity contribution is -0.160. The first-order chi connectivity index (χ1) is 10.4. The Morgan fingerprint density at radius 2 is 1.82 bits per heavy atom. The van der Waals surface area contributed by atoms with Crippen molar-refractivity contribution in [2.24, 2.45) is 0 Å².